The lowest BCUT2D eigenvalue weighted by molar-refractivity contribution is -0.150. The zero-order chi connectivity index (χ0) is 14.3. The summed E-state index contributed by atoms with van der Waals surface area (Å²) in [6.45, 7) is 1.78. The van der Waals surface area contributed by atoms with Crippen molar-refractivity contribution in [3.05, 3.63) is 0 Å². The summed E-state index contributed by atoms with van der Waals surface area (Å²) >= 11 is 0. The molecule has 0 fully saturated rings. The molecule has 106 valence electrons. The zero-order valence-electron chi connectivity index (χ0n) is 11.0. The van der Waals surface area contributed by atoms with Gasteiger partial charge in [-0.15, -0.1) is 0 Å². The molecule has 2 unspecified atom stereocenters. The molecule has 0 aliphatic rings. The van der Waals surface area contributed by atoms with E-state index < -0.39 is 32.2 Å². The molecule has 0 aromatic carbocycles. The van der Waals surface area contributed by atoms with Crippen LogP contribution in [-0.4, -0.2) is 52.3 Å². The fourth-order valence-electron chi connectivity index (χ4n) is 1.94. The monoisotopic (exact) mass is 280 g/mol. The molecule has 0 saturated heterocycles. The van der Waals surface area contributed by atoms with Crippen molar-refractivity contribution in [1.82, 2.24) is 0 Å². The van der Waals surface area contributed by atoms with Gasteiger partial charge in [0.25, 0.3) is 0 Å². The van der Waals surface area contributed by atoms with Crippen molar-refractivity contribution in [3.8, 4) is 0 Å². The molecule has 0 radical (unpaired) electrons. The Morgan fingerprint density at radius 1 is 1.06 bits per heavy atom. The maximum Gasteiger partial charge on any atom is 0.515 e. The fraction of sp³-hybridized carbons (Fsp3) is 0.800. The van der Waals surface area contributed by atoms with Crippen LogP contribution in [0.5, 0.6) is 0 Å². The van der Waals surface area contributed by atoms with E-state index in [1.54, 1.807) is 6.92 Å². The number of carboxylic acids is 2. The summed E-state index contributed by atoms with van der Waals surface area (Å²) in [5.41, 5.74) is -1.32. The molecule has 0 rings (SSSR count). The van der Waals surface area contributed by atoms with Crippen LogP contribution < -0.4 is 0 Å². The Morgan fingerprint density at radius 3 is 1.72 bits per heavy atom. The van der Waals surface area contributed by atoms with E-state index in [1.807, 2.05) is 0 Å². The second-order valence-corrected chi connectivity index (χ2v) is 6.82. The number of carbonyl (C=O) groups is 2. The molecule has 2 atom stereocenters. The first-order valence-electron chi connectivity index (χ1n) is 5.51. The lowest BCUT2D eigenvalue weighted by Gasteiger charge is -2.32. The topological polar surface area (TPSA) is 102 Å². The largest absolute Gasteiger partial charge is 0.515 e. The van der Waals surface area contributed by atoms with Gasteiger partial charge < -0.3 is 23.5 Å². The summed E-state index contributed by atoms with van der Waals surface area (Å²) in [5, 5.41) is 18.4. The highest BCUT2D eigenvalue weighted by Crippen LogP contribution is 2.35. The third-order valence-electron chi connectivity index (χ3n) is 2.82. The number of hydrogen-bond acceptors (Lipinski definition) is 5. The summed E-state index contributed by atoms with van der Waals surface area (Å²) in [4.78, 5) is 22.6. The smallest absolute Gasteiger partial charge is 0.481 e. The van der Waals surface area contributed by atoms with Gasteiger partial charge in [0.15, 0.2) is 0 Å². The summed E-state index contributed by atoms with van der Waals surface area (Å²) in [5.74, 6) is -3.57. The average molecular weight is 280 g/mol. The molecule has 0 aliphatic carbocycles. The van der Waals surface area contributed by atoms with E-state index in [4.69, 9.17) is 18.4 Å². The molecule has 0 saturated carbocycles. The minimum atomic E-state index is -3.55. The Morgan fingerprint density at radius 2 is 1.50 bits per heavy atom. The van der Waals surface area contributed by atoms with Gasteiger partial charge in [-0.05, 0) is 6.42 Å². The lowest BCUT2D eigenvalue weighted by Crippen LogP contribution is -2.54. The highest BCUT2D eigenvalue weighted by atomic mass is 28.4. The van der Waals surface area contributed by atoms with Gasteiger partial charge >= 0.3 is 20.7 Å². The Labute approximate surface area is 107 Å². The summed E-state index contributed by atoms with van der Waals surface area (Å²) in [7, 11) is 0.238. The van der Waals surface area contributed by atoms with Crippen LogP contribution in [0.1, 0.15) is 19.8 Å². The van der Waals surface area contributed by atoms with Crippen LogP contribution in [0.25, 0.3) is 0 Å². The van der Waals surface area contributed by atoms with Crippen molar-refractivity contribution in [2.24, 2.45) is 5.92 Å². The zero-order valence-corrected chi connectivity index (χ0v) is 12.0. The van der Waals surface area contributed by atoms with Gasteiger partial charge in [-0.25, -0.2) is 0 Å². The van der Waals surface area contributed by atoms with Gasteiger partial charge in [-0.2, -0.15) is 0 Å². The van der Waals surface area contributed by atoms with E-state index in [2.05, 4.69) is 0 Å². The third-order valence-corrected chi connectivity index (χ3v) is 5.94. The van der Waals surface area contributed by atoms with E-state index in [9.17, 15) is 14.7 Å². The SMILES string of the molecule is CCCC(C(=O)O)C(C(=O)O)[Si](OC)(OC)OC. The van der Waals surface area contributed by atoms with Crippen molar-refractivity contribution >= 4 is 20.7 Å². The molecule has 0 aliphatic heterocycles. The Balaban J connectivity index is 5.50. The molecule has 0 spiro atoms. The Bertz CT molecular complexity index is 282. The first-order valence-corrected chi connectivity index (χ1v) is 7.31. The molecule has 0 heterocycles. The Kier molecular flexibility index (Phi) is 7.07. The van der Waals surface area contributed by atoms with Crippen molar-refractivity contribution in [1.29, 1.82) is 0 Å². The molecule has 0 aromatic rings. The van der Waals surface area contributed by atoms with E-state index in [1.165, 1.54) is 21.3 Å². The van der Waals surface area contributed by atoms with Gasteiger partial charge in [0.1, 0.15) is 5.54 Å². The second-order valence-electron chi connectivity index (χ2n) is 3.77. The predicted molar refractivity (Wildman–Crippen MR) is 64.2 cm³/mol. The first-order chi connectivity index (χ1) is 8.40. The van der Waals surface area contributed by atoms with Crippen LogP contribution in [0.15, 0.2) is 0 Å². The second kappa shape index (κ2) is 7.47. The van der Waals surface area contributed by atoms with Crippen LogP contribution in [0.4, 0.5) is 0 Å². The number of aliphatic carboxylic acids is 2. The molecule has 7 nitrogen and oxygen atoms in total. The van der Waals surface area contributed by atoms with Crippen LogP contribution in [0.2, 0.25) is 5.54 Å². The summed E-state index contributed by atoms with van der Waals surface area (Å²) in [6, 6.07) is 0. The lowest BCUT2D eigenvalue weighted by atomic mass is 9.99. The highest BCUT2D eigenvalue weighted by Gasteiger charge is 2.57. The first kappa shape index (κ1) is 17.0. The fourth-order valence-corrected chi connectivity index (χ4v) is 4.31. The van der Waals surface area contributed by atoms with Crippen molar-refractivity contribution in [2.45, 2.75) is 25.3 Å². The van der Waals surface area contributed by atoms with E-state index >= 15 is 0 Å². The molecule has 18 heavy (non-hydrogen) atoms. The van der Waals surface area contributed by atoms with E-state index in [0.29, 0.717) is 6.42 Å². The maximum absolute atomic E-state index is 11.4. The minimum Gasteiger partial charge on any atom is -0.481 e. The molecule has 0 amide bonds. The molecular formula is C10H20O7Si. The number of carboxylic acid groups (broad SMARTS) is 2. The van der Waals surface area contributed by atoms with Gasteiger partial charge in [-0.1, -0.05) is 13.3 Å². The maximum atomic E-state index is 11.4. The summed E-state index contributed by atoms with van der Waals surface area (Å²) in [6.07, 6.45) is 0.763. The molecule has 0 bridgehead atoms. The van der Waals surface area contributed by atoms with Crippen LogP contribution in [0, 0.1) is 5.92 Å². The van der Waals surface area contributed by atoms with E-state index in [-0.39, 0.29) is 6.42 Å². The van der Waals surface area contributed by atoms with Crippen molar-refractivity contribution in [2.75, 3.05) is 21.3 Å². The number of rotatable bonds is 9. The van der Waals surface area contributed by atoms with Crippen LogP contribution >= 0.6 is 0 Å². The Hall–Kier alpha value is -0.963. The predicted octanol–water partition coefficient (Wildman–Crippen LogP) is 0.820. The quantitative estimate of drug-likeness (QED) is 0.603. The normalized spacial score (nSPS) is 15.1. The van der Waals surface area contributed by atoms with Gasteiger partial charge in [0.2, 0.25) is 0 Å². The third kappa shape index (κ3) is 3.51. The molecule has 2 N–H and O–H groups in total. The van der Waals surface area contributed by atoms with Crippen LogP contribution in [-0.2, 0) is 22.9 Å². The molecule has 8 heteroatoms. The van der Waals surface area contributed by atoms with Crippen LogP contribution in [0.3, 0.4) is 0 Å². The van der Waals surface area contributed by atoms with Gasteiger partial charge in [0, 0.05) is 21.3 Å². The average Bonchev–Trinajstić information content (AvgIpc) is 2.33. The van der Waals surface area contributed by atoms with Gasteiger partial charge in [0.05, 0.1) is 5.92 Å². The minimum absolute atomic E-state index is 0.219. The van der Waals surface area contributed by atoms with Crippen molar-refractivity contribution < 1.29 is 33.1 Å². The number of hydrogen-bond donors (Lipinski definition) is 2. The highest BCUT2D eigenvalue weighted by molar-refractivity contribution is 6.66. The van der Waals surface area contributed by atoms with Crippen molar-refractivity contribution in [3.63, 3.8) is 0 Å². The molecule has 0 aromatic heterocycles. The standard InChI is InChI=1S/C10H20O7Si/c1-5-6-7(9(11)12)8(10(13)14)18(15-2,16-3)17-4/h7-8H,5-6H2,1-4H3,(H,11,12)(H,13,14). The molecular weight excluding hydrogens is 260 g/mol. The van der Waals surface area contributed by atoms with Gasteiger partial charge in [-0.3, -0.25) is 9.59 Å². The van der Waals surface area contributed by atoms with E-state index in [0.717, 1.165) is 0 Å². The summed E-state index contributed by atoms with van der Waals surface area (Å²) < 4.78 is 15.3.